The minimum absolute atomic E-state index is 0.120. The third-order valence-electron chi connectivity index (χ3n) is 4.89. The second-order valence-electron chi connectivity index (χ2n) is 7.08. The van der Waals surface area contributed by atoms with Gasteiger partial charge in [-0.1, -0.05) is 35.3 Å². The van der Waals surface area contributed by atoms with Crippen LogP contribution in [-0.4, -0.2) is 30.1 Å². The lowest BCUT2D eigenvalue weighted by Crippen LogP contribution is -2.13. The molecule has 0 aliphatic heterocycles. The summed E-state index contributed by atoms with van der Waals surface area (Å²) in [5.74, 6) is -0.590. The maximum atomic E-state index is 12.8. The zero-order valence-electron chi connectivity index (χ0n) is 16.6. The zero-order valence-corrected chi connectivity index (χ0v) is 18.9. The molecule has 0 unspecified atom stereocenters. The van der Waals surface area contributed by atoms with Crippen molar-refractivity contribution in [3.8, 4) is 11.1 Å². The van der Waals surface area contributed by atoms with E-state index in [4.69, 9.17) is 28.9 Å². The molecule has 1 aromatic heterocycles. The van der Waals surface area contributed by atoms with Gasteiger partial charge in [0.05, 0.1) is 10.4 Å². The fourth-order valence-electron chi connectivity index (χ4n) is 3.39. The average Bonchev–Trinajstić information content (AvgIpc) is 3.12. The van der Waals surface area contributed by atoms with Gasteiger partial charge in [-0.15, -0.1) is 0 Å². The van der Waals surface area contributed by atoms with Gasteiger partial charge in [0, 0.05) is 38.4 Å². The van der Waals surface area contributed by atoms with Crippen molar-refractivity contribution in [1.29, 1.82) is 0 Å². The highest BCUT2D eigenvalue weighted by Crippen LogP contribution is 2.33. The molecule has 1 heterocycles. The van der Waals surface area contributed by atoms with Gasteiger partial charge >= 0.3 is 6.09 Å². The Morgan fingerprint density at radius 3 is 2.15 bits per heavy atom. The minimum atomic E-state index is -4.02. The summed E-state index contributed by atoms with van der Waals surface area (Å²) in [6, 6.07) is 14.7. The van der Waals surface area contributed by atoms with Gasteiger partial charge < -0.3 is 10.8 Å². The number of nitrogens with zero attached hydrogens (tertiary/aromatic N) is 1. The molecule has 3 aromatic carbocycles. The summed E-state index contributed by atoms with van der Waals surface area (Å²) in [5.41, 5.74) is 7.28. The number of benzene rings is 3. The Bertz CT molecular complexity index is 1510. The van der Waals surface area contributed by atoms with Crippen molar-refractivity contribution < 1.29 is 23.1 Å². The van der Waals surface area contributed by atoms with Crippen LogP contribution in [0.2, 0.25) is 10.0 Å². The van der Waals surface area contributed by atoms with Crippen molar-refractivity contribution in [3.05, 3.63) is 82.5 Å². The van der Waals surface area contributed by atoms with Crippen molar-refractivity contribution in [2.75, 3.05) is 4.72 Å². The number of carbonyl (C=O) groups excluding carboxylic acids is 1. The number of amides is 1. The standard InChI is InChI=1S/C22H15Cl2N3O5S/c23-14-7-15(24)9-17(8-14)33(31,32)26-16-5-6-20-18(10-16)19(11-27(20)22(29)30)12-1-3-13(4-2-12)21(25)28/h1-11,26H,(H2,25,28)(H,29,30). The summed E-state index contributed by atoms with van der Waals surface area (Å²) in [6.45, 7) is 0. The molecule has 0 saturated carbocycles. The van der Waals surface area contributed by atoms with Gasteiger partial charge in [0.25, 0.3) is 10.0 Å². The quantitative estimate of drug-likeness (QED) is 0.350. The smallest absolute Gasteiger partial charge is 0.416 e. The Balaban J connectivity index is 1.81. The second kappa shape index (κ2) is 8.43. The molecule has 0 fully saturated rings. The number of anilines is 1. The first-order valence-corrected chi connectivity index (χ1v) is 11.6. The minimum Gasteiger partial charge on any atom is -0.464 e. The van der Waals surface area contributed by atoms with Crippen LogP contribution in [0.25, 0.3) is 22.0 Å². The molecule has 11 heteroatoms. The van der Waals surface area contributed by atoms with Crippen molar-refractivity contribution in [2.24, 2.45) is 5.73 Å². The molecule has 4 rings (SSSR count). The summed E-state index contributed by atoms with van der Waals surface area (Å²) < 4.78 is 29.2. The predicted octanol–water partition coefficient (Wildman–Crippen LogP) is 5.04. The van der Waals surface area contributed by atoms with Crippen LogP contribution < -0.4 is 10.5 Å². The van der Waals surface area contributed by atoms with Crippen molar-refractivity contribution in [3.63, 3.8) is 0 Å². The van der Waals surface area contributed by atoms with Crippen LogP contribution in [-0.2, 0) is 10.0 Å². The number of halogens is 2. The first kappa shape index (κ1) is 22.7. The first-order valence-electron chi connectivity index (χ1n) is 9.33. The molecule has 4 aromatic rings. The number of primary amides is 1. The van der Waals surface area contributed by atoms with Gasteiger partial charge in [-0.05, 0) is 54.1 Å². The van der Waals surface area contributed by atoms with E-state index < -0.39 is 22.0 Å². The van der Waals surface area contributed by atoms with Crippen molar-refractivity contribution in [2.45, 2.75) is 4.90 Å². The molecule has 168 valence electrons. The maximum absolute atomic E-state index is 12.8. The Morgan fingerprint density at radius 2 is 1.58 bits per heavy atom. The number of carboxylic acid groups (broad SMARTS) is 1. The molecule has 0 radical (unpaired) electrons. The SMILES string of the molecule is NC(=O)c1ccc(-c2cn(C(=O)O)c3ccc(NS(=O)(=O)c4cc(Cl)cc(Cl)c4)cc23)cc1. The van der Waals surface area contributed by atoms with E-state index in [0.717, 1.165) is 4.57 Å². The number of hydrogen-bond donors (Lipinski definition) is 3. The molecular formula is C22H15Cl2N3O5S. The van der Waals surface area contributed by atoms with Crippen molar-refractivity contribution in [1.82, 2.24) is 4.57 Å². The number of nitrogens with one attached hydrogen (secondary N) is 1. The predicted molar refractivity (Wildman–Crippen MR) is 127 cm³/mol. The molecule has 0 aliphatic rings. The number of rotatable bonds is 5. The lowest BCUT2D eigenvalue weighted by Gasteiger charge is -2.10. The number of aromatic nitrogens is 1. The maximum Gasteiger partial charge on any atom is 0.416 e. The normalized spacial score (nSPS) is 11.5. The molecule has 0 saturated heterocycles. The third kappa shape index (κ3) is 4.51. The second-order valence-corrected chi connectivity index (χ2v) is 9.63. The third-order valence-corrected chi connectivity index (χ3v) is 6.69. The van der Waals surface area contributed by atoms with E-state index in [0.29, 0.717) is 27.6 Å². The van der Waals surface area contributed by atoms with Crippen LogP contribution in [0.3, 0.4) is 0 Å². The number of carbonyl (C=O) groups is 2. The van der Waals surface area contributed by atoms with E-state index in [1.165, 1.54) is 54.7 Å². The highest BCUT2D eigenvalue weighted by atomic mass is 35.5. The Hall–Kier alpha value is -3.53. The number of nitrogens with two attached hydrogens (primary N) is 1. The summed E-state index contributed by atoms with van der Waals surface area (Å²) in [7, 11) is -4.02. The molecule has 0 spiro atoms. The number of hydrogen-bond acceptors (Lipinski definition) is 4. The molecule has 33 heavy (non-hydrogen) atoms. The van der Waals surface area contributed by atoms with E-state index in [1.54, 1.807) is 12.1 Å². The van der Waals surface area contributed by atoms with Gasteiger partial charge in [-0.25, -0.2) is 13.2 Å². The van der Waals surface area contributed by atoms with Crippen LogP contribution in [0.15, 0.2) is 71.8 Å². The van der Waals surface area contributed by atoms with E-state index in [2.05, 4.69) is 4.72 Å². The first-order chi connectivity index (χ1) is 15.5. The summed E-state index contributed by atoms with van der Waals surface area (Å²) in [6.07, 6.45) is 0.211. The highest BCUT2D eigenvalue weighted by Gasteiger charge is 2.19. The Labute approximate surface area is 198 Å². The fraction of sp³-hybridized carbons (Fsp3) is 0. The lowest BCUT2D eigenvalue weighted by molar-refractivity contribution is 0.1000. The topological polar surface area (TPSA) is 131 Å². The van der Waals surface area contributed by atoms with Crippen LogP contribution >= 0.6 is 23.2 Å². The van der Waals surface area contributed by atoms with Gasteiger partial charge in [-0.2, -0.15) is 0 Å². The molecule has 8 nitrogen and oxygen atoms in total. The number of sulfonamides is 1. The van der Waals surface area contributed by atoms with Gasteiger partial charge in [0.1, 0.15) is 0 Å². The molecule has 4 N–H and O–H groups in total. The van der Waals surface area contributed by atoms with E-state index >= 15 is 0 Å². The number of fused-ring (bicyclic) bond motifs is 1. The molecule has 1 amide bonds. The monoisotopic (exact) mass is 503 g/mol. The summed E-state index contributed by atoms with van der Waals surface area (Å²) >= 11 is 11.8. The van der Waals surface area contributed by atoms with Crippen molar-refractivity contribution >= 4 is 61.8 Å². The Morgan fingerprint density at radius 1 is 0.939 bits per heavy atom. The van der Waals surface area contributed by atoms with E-state index in [1.807, 2.05) is 0 Å². The van der Waals surface area contributed by atoms with Crippen LogP contribution in [0.1, 0.15) is 10.4 Å². The molecule has 0 atom stereocenters. The Kier molecular flexibility index (Phi) is 5.79. The van der Waals surface area contributed by atoms with E-state index in [-0.39, 0.29) is 20.6 Å². The fourth-order valence-corrected chi connectivity index (χ4v) is 5.17. The zero-order chi connectivity index (χ0) is 23.9. The molecule has 0 aliphatic carbocycles. The van der Waals surface area contributed by atoms with Crippen LogP contribution in [0, 0.1) is 0 Å². The van der Waals surface area contributed by atoms with Gasteiger partial charge in [0.2, 0.25) is 5.91 Å². The molecule has 0 bridgehead atoms. The van der Waals surface area contributed by atoms with Crippen LogP contribution in [0.4, 0.5) is 10.5 Å². The summed E-state index contributed by atoms with van der Waals surface area (Å²) in [4.78, 5) is 23.0. The lowest BCUT2D eigenvalue weighted by atomic mass is 10.0. The average molecular weight is 504 g/mol. The van der Waals surface area contributed by atoms with E-state index in [9.17, 15) is 23.1 Å². The summed E-state index contributed by atoms with van der Waals surface area (Å²) in [5, 5.41) is 10.4. The van der Waals surface area contributed by atoms with Gasteiger partial charge in [-0.3, -0.25) is 14.1 Å². The highest BCUT2D eigenvalue weighted by molar-refractivity contribution is 7.92. The van der Waals surface area contributed by atoms with Crippen LogP contribution in [0.5, 0.6) is 0 Å². The largest absolute Gasteiger partial charge is 0.464 e. The van der Waals surface area contributed by atoms with Gasteiger partial charge in [0.15, 0.2) is 0 Å². The molecular weight excluding hydrogens is 489 g/mol.